The van der Waals surface area contributed by atoms with Gasteiger partial charge in [-0.1, -0.05) is 11.6 Å². The molecule has 0 aliphatic carbocycles. The van der Waals surface area contributed by atoms with Gasteiger partial charge in [-0.25, -0.2) is 8.42 Å². The van der Waals surface area contributed by atoms with Gasteiger partial charge in [0.2, 0.25) is 10.0 Å². The van der Waals surface area contributed by atoms with Crippen LogP contribution in [0.25, 0.3) is 0 Å². The molecule has 1 unspecified atom stereocenters. The van der Waals surface area contributed by atoms with Crippen LogP contribution in [0.4, 0.5) is 0 Å². The summed E-state index contributed by atoms with van der Waals surface area (Å²) in [4.78, 5) is -0.118. The van der Waals surface area contributed by atoms with E-state index in [0.717, 1.165) is 4.31 Å². The lowest BCUT2D eigenvalue weighted by molar-refractivity contribution is 0.442. The zero-order valence-electron chi connectivity index (χ0n) is 9.75. The first kappa shape index (κ1) is 14.5. The number of benzene rings is 1. The minimum absolute atomic E-state index is 0.0361. The van der Waals surface area contributed by atoms with Gasteiger partial charge in [-0.15, -0.1) is 0 Å². The summed E-state index contributed by atoms with van der Waals surface area (Å²) in [6.45, 7) is 1.47. The fraction of sp³-hybridized carbons (Fsp3) is 0.273. The van der Waals surface area contributed by atoms with E-state index in [4.69, 9.17) is 22.1 Å². The fourth-order valence-electron chi connectivity index (χ4n) is 1.22. The number of rotatable bonds is 3. The summed E-state index contributed by atoms with van der Waals surface area (Å²) in [5.74, 6) is 0. The van der Waals surface area contributed by atoms with Crippen LogP contribution in [-0.4, -0.2) is 25.8 Å². The SMILES string of the molecule is CC(C#N)N(C)S(=O)(=O)c1ccc(C#N)cc1Cl. The molecule has 1 rings (SSSR count). The van der Waals surface area contributed by atoms with Gasteiger partial charge in [0.05, 0.1) is 22.7 Å². The van der Waals surface area contributed by atoms with E-state index in [-0.39, 0.29) is 15.5 Å². The highest BCUT2D eigenvalue weighted by Gasteiger charge is 2.27. The van der Waals surface area contributed by atoms with E-state index < -0.39 is 16.1 Å². The standard InChI is InChI=1S/C11H10ClN3O2S/c1-8(6-13)15(2)18(16,17)11-4-3-9(7-14)5-10(11)12/h3-5,8H,1-2H3. The molecule has 0 fully saturated rings. The topological polar surface area (TPSA) is 85.0 Å². The first-order valence-electron chi connectivity index (χ1n) is 4.92. The van der Waals surface area contributed by atoms with Crippen LogP contribution in [0, 0.1) is 22.7 Å². The number of nitriles is 2. The molecule has 0 amide bonds. The van der Waals surface area contributed by atoms with E-state index in [0.29, 0.717) is 0 Å². The van der Waals surface area contributed by atoms with Crippen molar-refractivity contribution in [3.05, 3.63) is 28.8 Å². The second kappa shape index (κ2) is 5.36. The highest BCUT2D eigenvalue weighted by molar-refractivity contribution is 7.89. The van der Waals surface area contributed by atoms with Crippen LogP contribution in [0.2, 0.25) is 5.02 Å². The molecule has 18 heavy (non-hydrogen) atoms. The first-order chi connectivity index (χ1) is 8.34. The minimum Gasteiger partial charge on any atom is -0.207 e. The molecule has 0 N–H and O–H groups in total. The molecule has 0 radical (unpaired) electrons. The third-order valence-electron chi connectivity index (χ3n) is 2.45. The van der Waals surface area contributed by atoms with Crippen LogP contribution in [-0.2, 0) is 10.0 Å². The van der Waals surface area contributed by atoms with Gasteiger partial charge < -0.3 is 0 Å². The third-order valence-corrected chi connectivity index (χ3v) is 4.86. The van der Waals surface area contributed by atoms with Crippen molar-refractivity contribution in [1.29, 1.82) is 10.5 Å². The van der Waals surface area contributed by atoms with Crippen molar-refractivity contribution < 1.29 is 8.42 Å². The molecule has 0 saturated heterocycles. The van der Waals surface area contributed by atoms with E-state index in [1.807, 2.05) is 12.1 Å². The van der Waals surface area contributed by atoms with E-state index in [2.05, 4.69) is 0 Å². The molecule has 0 aliphatic heterocycles. The molecule has 0 heterocycles. The summed E-state index contributed by atoms with van der Waals surface area (Å²) < 4.78 is 25.3. The second-order valence-corrected chi connectivity index (χ2v) is 5.96. The maximum Gasteiger partial charge on any atom is 0.245 e. The van der Waals surface area contributed by atoms with Crippen molar-refractivity contribution >= 4 is 21.6 Å². The van der Waals surface area contributed by atoms with Gasteiger partial charge >= 0.3 is 0 Å². The Morgan fingerprint density at radius 1 is 1.39 bits per heavy atom. The summed E-state index contributed by atoms with van der Waals surface area (Å²) in [6, 6.07) is 6.80. The summed E-state index contributed by atoms with van der Waals surface area (Å²) >= 11 is 5.84. The number of halogens is 1. The van der Waals surface area contributed by atoms with Crippen molar-refractivity contribution in [2.24, 2.45) is 0 Å². The molecule has 0 bridgehead atoms. The summed E-state index contributed by atoms with van der Waals surface area (Å²) in [5, 5.41) is 17.4. The van der Waals surface area contributed by atoms with Gasteiger partial charge in [0.15, 0.2) is 0 Å². The zero-order valence-corrected chi connectivity index (χ0v) is 11.3. The van der Waals surface area contributed by atoms with Gasteiger partial charge in [-0.2, -0.15) is 14.8 Å². The highest BCUT2D eigenvalue weighted by Crippen LogP contribution is 2.25. The summed E-state index contributed by atoms with van der Waals surface area (Å²) in [6.07, 6.45) is 0. The summed E-state index contributed by atoms with van der Waals surface area (Å²) in [7, 11) is -2.53. The van der Waals surface area contributed by atoms with Crippen LogP contribution >= 0.6 is 11.6 Å². The number of hydrogen-bond donors (Lipinski definition) is 0. The van der Waals surface area contributed by atoms with Crippen molar-refractivity contribution in [2.45, 2.75) is 17.9 Å². The van der Waals surface area contributed by atoms with Gasteiger partial charge in [-0.3, -0.25) is 0 Å². The molecular formula is C11H10ClN3O2S. The van der Waals surface area contributed by atoms with E-state index >= 15 is 0 Å². The first-order valence-corrected chi connectivity index (χ1v) is 6.73. The Kier molecular flexibility index (Phi) is 4.31. The Bertz CT molecular complexity index is 643. The average molecular weight is 284 g/mol. The molecule has 7 heteroatoms. The molecule has 94 valence electrons. The Morgan fingerprint density at radius 3 is 2.44 bits per heavy atom. The van der Waals surface area contributed by atoms with Gasteiger partial charge in [-0.05, 0) is 25.1 Å². The molecule has 1 aromatic carbocycles. The van der Waals surface area contributed by atoms with Crippen molar-refractivity contribution in [1.82, 2.24) is 4.31 Å². The fourth-order valence-corrected chi connectivity index (χ4v) is 3.02. The van der Waals surface area contributed by atoms with Gasteiger partial charge in [0, 0.05) is 7.05 Å². The zero-order chi connectivity index (χ0) is 13.9. The van der Waals surface area contributed by atoms with E-state index in [1.54, 1.807) is 0 Å². The largest absolute Gasteiger partial charge is 0.245 e. The Labute approximate surface area is 111 Å². The molecule has 0 spiro atoms. The predicted octanol–water partition coefficient (Wildman–Crippen LogP) is 1.74. The lowest BCUT2D eigenvalue weighted by Gasteiger charge is -2.19. The minimum atomic E-state index is -3.84. The smallest absolute Gasteiger partial charge is 0.207 e. The Morgan fingerprint density at radius 2 is 2.00 bits per heavy atom. The van der Waals surface area contributed by atoms with Crippen LogP contribution in [0.15, 0.2) is 23.1 Å². The summed E-state index contributed by atoms with van der Waals surface area (Å²) in [5.41, 5.74) is 0.273. The Hall–Kier alpha value is -1.60. The molecule has 1 aromatic rings. The van der Waals surface area contributed by atoms with Crippen LogP contribution in [0.5, 0.6) is 0 Å². The van der Waals surface area contributed by atoms with E-state index in [1.165, 1.54) is 32.2 Å². The second-order valence-electron chi connectivity index (χ2n) is 3.58. The van der Waals surface area contributed by atoms with E-state index in [9.17, 15) is 8.42 Å². The number of sulfonamides is 1. The predicted molar refractivity (Wildman–Crippen MR) is 66.2 cm³/mol. The molecule has 0 aliphatic rings. The maximum atomic E-state index is 12.2. The monoisotopic (exact) mass is 283 g/mol. The van der Waals surface area contributed by atoms with Gasteiger partial charge in [0.25, 0.3) is 0 Å². The average Bonchev–Trinajstić information content (AvgIpc) is 2.36. The van der Waals surface area contributed by atoms with Crippen LogP contribution in [0.3, 0.4) is 0 Å². The molecular weight excluding hydrogens is 274 g/mol. The normalized spacial score (nSPS) is 12.8. The quantitative estimate of drug-likeness (QED) is 0.846. The number of nitrogens with zero attached hydrogens (tertiary/aromatic N) is 3. The van der Waals surface area contributed by atoms with Crippen molar-refractivity contribution in [3.63, 3.8) is 0 Å². The molecule has 5 nitrogen and oxygen atoms in total. The molecule has 0 aromatic heterocycles. The lowest BCUT2D eigenvalue weighted by Crippen LogP contribution is -2.34. The van der Waals surface area contributed by atoms with Gasteiger partial charge in [0.1, 0.15) is 10.9 Å². The highest BCUT2D eigenvalue weighted by atomic mass is 35.5. The molecule has 1 atom stereocenters. The lowest BCUT2D eigenvalue weighted by atomic mass is 10.2. The maximum absolute atomic E-state index is 12.2. The van der Waals surface area contributed by atoms with Crippen molar-refractivity contribution in [3.8, 4) is 12.1 Å². The number of hydrogen-bond acceptors (Lipinski definition) is 4. The third kappa shape index (κ3) is 2.62. The van der Waals surface area contributed by atoms with Crippen LogP contribution in [0.1, 0.15) is 12.5 Å². The van der Waals surface area contributed by atoms with Crippen molar-refractivity contribution in [2.75, 3.05) is 7.05 Å². The molecule has 0 saturated carbocycles. The Balaban J connectivity index is 3.31. The van der Waals surface area contributed by atoms with Crippen LogP contribution < -0.4 is 0 Å².